The van der Waals surface area contributed by atoms with Crippen molar-refractivity contribution in [2.24, 2.45) is 5.41 Å². The number of thiazole rings is 1. The van der Waals surface area contributed by atoms with Gasteiger partial charge in [0.2, 0.25) is 0 Å². The van der Waals surface area contributed by atoms with E-state index in [2.05, 4.69) is 17.2 Å². The predicted molar refractivity (Wildman–Crippen MR) is 61.8 cm³/mol. The third-order valence-electron chi connectivity index (χ3n) is 3.16. The van der Waals surface area contributed by atoms with Gasteiger partial charge in [-0.15, -0.1) is 11.3 Å². The Bertz CT molecular complexity index is 263. The monoisotopic (exact) mass is 210 g/mol. The van der Waals surface area contributed by atoms with E-state index in [-0.39, 0.29) is 0 Å². The number of rotatable bonds is 3. The molecule has 0 amide bonds. The summed E-state index contributed by atoms with van der Waals surface area (Å²) in [6.45, 7) is 3.48. The van der Waals surface area contributed by atoms with Crippen LogP contribution in [-0.2, 0) is 0 Å². The summed E-state index contributed by atoms with van der Waals surface area (Å²) in [7, 11) is 0. The highest BCUT2D eigenvalue weighted by molar-refractivity contribution is 7.13. The van der Waals surface area contributed by atoms with Crippen LogP contribution in [0.5, 0.6) is 0 Å². The van der Waals surface area contributed by atoms with Gasteiger partial charge in [0.25, 0.3) is 0 Å². The summed E-state index contributed by atoms with van der Waals surface area (Å²) in [5, 5.41) is 6.53. The summed E-state index contributed by atoms with van der Waals surface area (Å²) < 4.78 is 0. The maximum absolute atomic E-state index is 4.24. The fraction of sp³-hybridized carbons (Fsp3) is 0.727. The maximum atomic E-state index is 4.24. The molecule has 1 aliphatic rings. The number of nitrogens with one attached hydrogen (secondary N) is 1. The molecule has 2 nitrogen and oxygen atoms in total. The van der Waals surface area contributed by atoms with Gasteiger partial charge in [-0.2, -0.15) is 0 Å². The molecule has 1 aliphatic carbocycles. The van der Waals surface area contributed by atoms with Crippen LogP contribution in [-0.4, -0.2) is 11.5 Å². The molecule has 0 aliphatic heterocycles. The first kappa shape index (κ1) is 9.97. The predicted octanol–water partition coefficient (Wildman–Crippen LogP) is 3.53. The molecule has 14 heavy (non-hydrogen) atoms. The van der Waals surface area contributed by atoms with E-state index >= 15 is 0 Å². The van der Waals surface area contributed by atoms with Gasteiger partial charge < -0.3 is 5.32 Å². The van der Waals surface area contributed by atoms with Crippen LogP contribution < -0.4 is 5.32 Å². The quantitative estimate of drug-likeness (QED) is 0.825. The number of anilines is 1. The Morgan fingerprint density at radius 3 is 2.86 bits per heavy atom. The third kappa shape index (κ3) is 2.47. The molecule has 1 aromatic heterocycles. The standard InChI is InChI=1S/C11H18N2S/c1-11(5-3-2-4-6-11)9-13-10-12-7-8-14-10/h7-8H,2-6,9H2,1H3,(H,12,13). The van der Waals surface area contributed by atoms with E-state index in [0.717, 1.165) is 11.7 Å². The molecule has 2 rings (SSSR count). The molecule has 1 saturated carbocycles. The first-order chi connectivity index (χ1) is 6.79. The molecule has 78 valence electrons. The minimum Gasteiger partial charge on any atom is -0.361 e. The summed E-state index contributed by atoms with van der Waals surface area (Å²) in [6.07, 6.45) is 8.81. The van der Waals surface area contributed by atoms with Crippen molar-refractivity contribution in [3.63, 3.8) is 0 Å². The molecule has 0 spiro atoms. The average Bonchev–Trinajstić information content (AvgIpc) is 2.69. The van der Waals surface area contributed by atoms with Gasteiger partial charge in [0, 0.05) is 18.1 Å². The highest BCUT2D eigenvalue weighted by Gasteiger charge is 2.26. The van der Waals surface area contributed by atoms with E-state index in [9.17, 15) is 0 Å². The smallest absolute Gasteiger partial charge is 0.182 e. The Balaban J connectivity index is 1.84. The molecular weight excluding hydrogens is 192 g/mol. The topological polar surface area (TPSA) is 24.9 Å². The van der Waals surface area contributed by atoms with Gasteiger partial charge in [0.05, 0.1) is 0 Å². The Hall–Kier alpha value is -0.570. The number of hydrogen-bond donors (Lipinski definition) is 1. The number of hydrogen-bond acceptors (Lipinski definition) is 3. The van der Waals surface area contributed by atoms with Gasteiger partial charge in [-0.1, -0.05) is 26.2 Å². The molecule has 1 fully saturated rings. The van der Waals surface area contributed by atoms with Crippen molar-refractivity contribution in [2.45, 2.75) is 39.0 Å². The molecule has 0 aromatic carbocycles. The van der Waals surface area contributed by atoms with Gasteiger partial charge in [-0.3, -0.25) is 0 Å². The average molecular weight is 210 g/mol. The molecule has 1 aromatic rings. The molecule has 0 unspecified atom stereocenters. The summed E-state index contributed by atoms with van der Waals surface area (Å²) >= 11 is 1.69. The molecule has 0 bridgehead atoms. The minimum atomic E-state index is 0.504. The van der Waals surface area contributed by atoms with Crippen molar-refractivity contribution in [1.82, 2.24) is 4.98 Å². The zero-order chi connectivity index (χ0) is 9.86. The molecule has 1 N–H and O–H groups in total. The van der Waals surface area contributed by atoms with Gasteiger partial charge in [-0.05, 0) is 18.3 Å². The van der Waals surface area contributed by atoms with Crippen molar-refractivity contribution in [2.75, 3.05) is 11.9 Å². The van der Waals surface area contributed by atoms with Crippen LogP contribution in [0.3, 0.4) is 0 Å². The Kier molecular flexibility index (Phi) is 3.06. The second kappa shape index (κ2) is 4.30. The second-order valence-electron chi connectivity index (χ2n) is 4.56. The van der Waals surface area contributed by atoms with E-state index < -0.39 is 0 Å². The van der Waals surface area contributed by atoms with Crippen LogP contribution in [0.1, 0.15) is 39.0 Å². The van der Waals surface area contributed by atoms with Crippen molar-refractivity contribution < 1.29 is 0 Å². The molecule has 1 heterocycles. The van der Waals surface area contributed by atoms with Crippen LogP contribution in [0.4, 0.5) is 5.13 Å². The highest BCUT2D eigenvalue weighted by atomic mass is 32.1. The van der Waals surface area contributed by atoms with Crippen molar-refractivity contribution >= 4 is 16.5 Å². The van der Waals surface area contributed by atoms with E-state index in [0.29, 0.717) is 5.41 Å². The zero-order valence-corrected chi connectivity index (χ0v) is 9.57. The van der Waals surface area contributed by atoms with Gasteiger partial charge in [-0.25, -0.2) is 4.98 Å². The first-order valence-electron chi connectivity index (χ1n) is 5.42. The zero-order valence-electron chi connectivity index (χ0n) is 8.75. The maximum Gasteiger partial charge on any atom is 0.182 e. The van der Waals surface area contributed by atoms with E-state index in [1.807, 2.05) is 11.6 Å². The summed E-state index contributed by atoms with van der Waals surface area (Å²) in [6, 6.07) is 0. The number of nitrogens with zero attached hydrogens (tertiary/aromatic N) is 1. The third-order valence-corrected chi connectivity index (χ3v) is 3.89. The van der Waals surface area contributed by atoms with Gasteiger partial charge in [0.1, 0.15) is 0 Å². The Labute approximate surface area is 89.8 Å². The molecule has 0 radical (unpaired) electrons. The lowest BCUT2D eigenvalue weighted by atomic mass is 9.76. The van der Waals surface area contributed by atoms with E-state index in [1.54, 1.807) is 11.3 Å². The lowest BCUT2D eigenvalue weighted by Gasteiger charge is -2.33. The van der Waals surface area contributed by atoms with Crippen LogP contribution in [0, 0.1) is 5.41 Å². The highest BCUT2D eigenvalue weighted by Crippen LogP contribution is 2.35. The number of aromatic nitrogens is 1. The van der Waals surface area contributed by atoms with E-state index in [1.165, 1.54) is 32.1 Å². The Morgan fingerprint density at radius 1 is 1.43 bits per heavy atom. The first-order valence-corrected chi connectivity index (χ1v) is 6.30. The molecular formula is C11H18N2S. The molecule has 0 atom stereocenters. The van der Waals surface area contributed by atoms with Crippen LogP contribution in [0.25, 0.3) is 0 Å². The minimum absolute atomic E-state index is 0.504. The van der Waals surface area contributed by atoms with E-state index in [4.69, 9.17) is 0 Å². The molecule has 3 heteroatoms. The van der Waals surface area contributed by atoms with Crippen molar-refractivity contribution in [3.05, 3.63) is 11.6 Å². The van der Waals surface area contributed by atoms with Crippen molar-refractivity contribution in [3.8, 4) is 0 Å². The fourth-order valence-electron chi connectivity index (χ4n) is 2.18. The van der Waals surface area contributed by atoms with Gasteiger partial charge in [0.15, 0.2) is 5.13 Å². The lowest BCUT2D eigenvalue weighted by Crippen LogP contribution is -2.28. The summed E-state index contributed by atoms with van der Waals surface area (Å²) in [5.41, 5.74) is 0.504. The van der Waals surface area contributed by atoms with Gasteiger partial charge >= 0.3 is 0 Å². The summed E-state index contributed by atoms with van der Waals surface area (Å²) in [4.78, 5) is 4.24. The molecule has 0 saturated heterocycles. The largest absolute Gasteiger partial charge is 0.361 e. The normalized spacial score (nSPS) is 20.6. The lowest BCUT2D eigenvalue weighted by molar-refractivity contribution is 0.233. The van der Waals surface area contributed by atoms with Crippen molar-refractivity contribution in [1.29, 1.82) is 0 Å². The van der Waals surface area contributed by atoms with Crippen LogP contribution in [0.2, 0.25) is 0 Å². The second-order valence-corrected chi connectivity index (χ2v) is 5.46. The SMILES string of the molecule is CC1(CNc2nccs2)CCCCC1. The Morgan fingerprint density at radius 2 is 2.21 bits per heavy atom. The summed E-state index contributed by atoms with van der Waals surface area (Å²) in [5.74, 6) is 0. The van der Waals surface area contributed by atoms with Crippen LogP contribution in [0.15, 0.2) is 11.6 Å². The van der Waals surface area contributed by atoms with Crippen LogP contribution >= 0.6 is 11.3 Å². The fourth-order valence-corrected chi connectivity index (χ4v) is 2.71.